The molecule has 0 saturated heterocycles. The molecule has 1 amide bonds. The van der Waals surface area contributed by atoms with E-state index in [0.29, 0.717) is 19.8 Å². The number of nitrogens with zero attached hydrogens (tertiary/aromatic N) is 2. The number of benzene rings is 2. The fourth-order valence-corrected chi connectivity index (χ4v) is 2.49. The van der Waals surface area contributed by atoms with E-state index in [4.69, 9.17) is 18.9 Å². The molecular formula is C21H28N2O5. The first kappa shape index (κ1) is 21.5. The van der Waals surface area contributed by atoms with Crippen LogP contribution in [0.3, 0.4) is 0 Å². The van der Waals surface area contributed by atoms with E-state index in [-0.39, 0.29) is 6.79 Å². The van der Waals surface area contributed by atoms with Crippen molar-refractivity contribution in [2.45, 2.75) is 13.1 Å². The number of hydrogen-bond acceptors (Lipinski definition) is 6. The third-order valence-corrected chi connectivity index (χ3v) is 3.94. The molecule has 2 rings (SSSR count). The number of carbonyl (C=O) groups is 1. The second-order valence-electron chi connectivity index (χ2n) is 6.49. The van der Waals surface area contributed by atoms with Gasteiger partial charge < -0.3 is 18.9 Å². The van der Waals surface area contributed by atoms with Gasteiger partial charge in [-0.15, -0.1) is 0 Å². The molecule has 0 fully saturated rings. The van der Waals surface area contributed by atoms with Gasteiger partial charge in [0.1, 0.15) is 18.2 Å². The monoisotopic (exact) mass is 388 g/mol. The first-order chi connectivity index (χ1) is 13.5. The minimum Gasteiger partial charge on any atom is -0.497 e. The lowest BCUT2D eigenvalue weighted by atomic mass is 10.1. The lowest BCUT2D eigenvalue weighted by Crippen LogP contribution is -2.31. The van der Waals surface area contributed by atoms with Gasteiger partial charge in [-0.25, -0.2) is 4.79 Å². The second-order valence-corrected chi connectivity index (χ2v) is 6.49. The van der Waals surface area contributed by atoms with Crippen molar-refractivity contribution in [3.05, 3.63) is 59.7 Å². The Morgan fingerprint density at radius 1 is 0.821 bits per heavy atom. The van der Waals surface area contributed by atoms with Crippen LogP contribution in [0.1, 0.15) is 11.1 Å². The smallest absolute Gasteiger partial charge is 0.412 e. The van der Waals surface area contributed by atoms with Crippen molar-refractivity contribution in [3.63, 3.8) is 0 Å². The van der Waals surface area contributed by atoms with E-state index >= 15 is 0 Å². The second kappa shape index (κ2) is 11.2. The van der Waals surface area contributed by atoms with Gasteiger partial charge in [-0.3, -0.25) is 9.80 Å². The number of amides is 1. The first-order valence-corrected chi connectivity index (χ1v) is 8.92. The maximum Gasteiger partial charge on any atom is 0.412 e. The Kier molecular flexibility index (Phi) is 8.58. The van der Waals surface area contributed by atoms with Crippen LogP contribution >= 0.6 is 0 Å². The molecule has 0 aliphatic heterocycles. The summed E-state index contributed by atoms with van der Waals surface area (Å²) in [6.07, 6.45) is -0.439. The molecule has 0 aromatic heterocycles. The van der Waals surface area contributed by atoms with Crippen LogP contribution in [0, 0.1) is 0 Å². The Balaban J connectivity index is 2.05. The summed E-state index contributed by atoms with van der Waals surface area (Å²) in [5, 5.41) is 0. The van der Waals surface area contributed by atoms with Crippen LogP contribution in [0.15, 0.2) is 48.5 Å². The van der Waals surface area contributed by atoms with Gasteiger partial charge in [0.15, 0.2) is 6.79 Å². The standard InChI is InChI=1S/C21H28N2O5/c1-22(2)15-27-16-28-21(24)23(13-17-5-9-19(25-3)10-6-17)14-18-7-11-20(26-4)12-8-18/h5-12H,13-16H2,1-4H3. The topological polar surface area (TPSA) is 60.5 Å². The van der Waals surface area contributed by atoms with E-state index in [2.05, 4.69) is 0 Å². The number of hydrogen-bond donors (Lipinski definition) is 0. The normalized spacial score (nSPS) is 10.6. The van der Waals surface area contributed by atoms with E-state index in [9.17, 15) is 4.79 Å². The summed E-state index contributed by atoms with van der Waals surface area (Å²) in [6.45, 7) is 1.09. The molecule has 0 radical (unpaired) electrons. The van der Waals surface area contributed by atoms with Gasteiger partial charge in [0.25, 0.3) is 0 Å². The van der Waals surface area contributed by atoms with Gasteiger partial charge in [0.2, 0.25) is 0 Å². The molecule has 2 aromatic carbocycles. The lowest BCUT2D eigenvalue weighted by Gasteiger charge is -2.23. The molecule has 2 aromatic rings. The molecule has 0 bridgehead atoms. The maximum atomic E-state index is 12.6. The van der Waals surface area contributed by atoms with E-state index < -0.39 is 6.09 Å². The predicted octanol–water partition coefficient (Wildman–Crippen LogP) is 3.34. The van der Waals surface area contributed by atoms with Gasteiger partial charge >= 0.3 is 6.09 Å². The SMILES string of the molecule is COc1ccc(CN(Cc2ccc(OC)cc2)C(=O)OCOCN(C)C)cc1. The Hall–Kier alpha value is -2.77. The zero-order valence-electron chi connectivity index (χ0n) is 16.9. The molecular weight excluding hydrogens is 360 g/mol. The van der Waals surface area contributed by atoms with Gasteiger partial charge in [-0.05, 0) is 49.5 Å². The predicted molar refractivity (Wildman–Crippen MR) is 106 cm³/mol. The van der Waals surface area contributed by atoms with Crippen molar-refractivity contribution in [2.24, 2.45) is 0 Å². The zero-order valence-corrected chi connectivity index (χ0v) is 16.9. The third-order valence-electron chi connectivity index (χ3n) is 3.94. The molecule has 0 atom stereocenters. The largest absolute Gasteiger partial charge is 0.497 e. The first-order valence-electron chi connectivity index (χ1n) is 8.92. The molecule has 152 valence electrons. The highest BCUT2D eigenvalue weighted by Gasteiger charge is 2.16. The summed E-state index contributed by atoms with van der Waals surface area (Å²) < 4.78 is 21.0. The third kappa shape index (κ3) is 7.09. The van der Waals surface area contributed by atoms with Gasteiger partial charge in [-0.1, -0.05) is 24.3 Å². The van der Waals surface area contributed by atoms with Gasteiger partial charge in [0.05, 0.1) is 14.2 Å². The van der Waals surface area contributed by atoms with Crippen molar-refractivity contribution in [3.8, 4) is 11.5 Å². The van der Waals surface area contributed by atoms with Crippen LogP contribution in [-0.2, 0) is 22.6 Å². The van der Waals surface area contributed by atoms with E-state index in [1.165, 1.54) is 0 Å². The van der Waals surface area contributed by atoms with Crippen molar-refractivity contribution < 1.29 is 23.7 Å². The highest BCUT2D eigenvalue weighted by Crippen LogP contribution is 2.17. The molecule has 7 heteroatoms. The summed E-state index contributed by atoms with van der Waals surface area (Å²) in [5.74, 6) is 1.54. The Bertz CT molecular complexity index is 667. The van der Waals surface area contributed by atoms with Crippen LogP contribution in [0.5, 0.6) is 11.5 Å². The van der Waals surface area contributed by atoms with Crippen LogP contribution in [0.25, 0.3) is 0 Å². The van der Waals surface area contributed by atoms with Gasteiger partial charge in [0, 0.05) is 13.1 Å². The lowest BCUT2D eigenvalue weighted by molar-refractivity contribution is -0.0582. The molecule has 0 saturated carbocycles. The molecule has 0 aliphatic rings. The minimum atomic E-state index is -0.439. The summed E-state index contributed by atoms with van der Waals surface area (Å²) >= 11 is 0. The van der Waals surface area contributed by atoms with Crippen molar-refractivity contribution in [2.75, 3.05) is 41.8 Å². The highest BCUT2D eigenvalue weighted by atomic mass is 16.7. The van der Waals surface area contributed by atoms with E-state index in [1.54, 1.807) is 19.1 Å². The average molecular weight is 388 g/mol. The minimum absolute atomic E-state index is 0.0985. The van der Waals surface area contributed by atoms with Crippen molar-refractivity contribution in [1.82, 2.24) is 9.80 Å². The maximum absolute atomic E-state index is 12.6. The molecule has 0 aliphatic carbocycles. The van der Waals surface area contributed by atoms with Crippen LogP contribution < -0.4 is 9.47 Å². The molecule has 0 spiro atoms. The highest BCUT2D eigenvalue weighted by molar-refractivity contribution is 5.67. The van der Waals surface area contributed by atoms with Crippen molar-refractivity contribution >= 4 is 6.09 Å². The Morgan fingerprint density at radius 2 is 1.29 bits per heavy atom. The number of methoxy groups -OCH3 is 2. The number of ether oxygens (including phenoxy) is 4. The average Bonchev–Trinajstić information content (AvgIpc) is 2.71. The fourth-order valence-electron chi connectivity index (χ4n) is 2.49. The van der Waals surface area contributed by atoms with Crippen LogP contribution in [-0.4, -0.2) is 57.7 Å². The summed E-state index contributed by atoms with van der Waals surface area (Å²) in [6, 6.07) is 15.2. The quantitative estimate of drug-likeness (QED) is 0.460. The molecule has 28 heavy (non-hydrogen) atoms. The van der Waals surface area contributed by atoms with E-state index in [1.807, 2.05) is 67.5 Å². The van der Waals surface area contributed by atoms with Gasteiger partial charge in [-0.2, -0.15) is 0 Å². The fraction of sp³-hybridized carbons (Fsp3) is 0.381. The van der Waals surface area contributed by atoms with Crippen LogP contribution in [0.2, 0.25) is 0 Å². The van der Waals surface area contributed by atoms with Crippen LogP contribution in [0.4, 0.5) is 4.79 Å². The Morgan fingerprint density at radius 3 is 1.68 bits per heavy atom. The Labute approximate surface area is 166 Å². The molecule has 0 N–H and O–H groups in total. The summed E-state index contributed by atoms with van der Waals surface area (Å²) in [4.78, 5) is 16.1. The number of rotatable bonds is 10. The zero-order chi connectivity index (χ0) is 20.4. The molecule has 0 unspecified atom stereocenters. The summed E-state index contributed by atoms with van der Waals surface area (Å²) in [5.41, 5.74) is 1.95. The van der Waals surface area contributed by atoms with Crippen molar-refractivity contribution in [1.29, 1.82) is 0 Å². The summed E-state index contributed by atoms with van der Waals surface area (Å²) in [7, 11) is 7.00. The molecule has 0 heterocycles. The number of carbonyl (C=O) groups excluding carboxylic acids is 1. The molecule has 7 nitrogen and oxygen atoms in total. The van der Waals surface area contributed by atoms with E-state index in [0.717, 1.165) is 22.6 Å².